The Kier molecular flexibility index (Phi) is 8.76. The number of nitrogens with zero attached hydrogens (tertiary/aromatic N) is 6. The zero-order valence-electron chi connectivity index (χ0n) is 23.5. The van der Waals surface area contributed by atoms with Gasteiger partial charge in [0.25, 0.3) is 5.82 Å². The second-order valence-electron chi connectivity index (χ2n) is 10.8. The van der Waals surface area contributed by atoms with Gasteiger partial charge < -0.3 is 19.9 Å². The Morgan fingerprint density at radius 2 is 1.74 bits per heavy atom. The minimum absolute atomic E-state index is 0.00291. The minimum atomic E-state index is -4.71. The van der Waals surface area contributed by atoms with Crippen molar-refractivity contribution in [1.29, 1.82) is 0 Å². The number of ether oxygens (including phenoxy) is 1. The molecule has 0 spiro atoms. The predicted octanol–water partition coefficient (Wildman–Crippen LogP) is 3.42. The molecule has 2 aromatic carbocycles. The maximum absolute atomic E-state index is 13.5. The van der Waals surface area contributed by atoms with E-state index in [-0.39, 0.29) is 35.4 Å². The molecule has 5 rings (SSSR count). The van der Waals surface area contributed by atoms with Crippen molar-refractivity contribution in [3.63, 3.8) is 0 Å². The normalized spacial score (nSPS) is 20.0. The molecule has 2 aliphatic rings. The van der Waals surface area contributed by atoms with E-state index in [0.717, 1.165) is 5.56 Å². The highest BCUT2D eigenvalue weighted by atomic mass is 19.4. The fourth-order valence-electron chi connectivity index (χ4n) is 5.95. The second kappa shape index (κ2) is 12.5. The van der Waals surface area contributed by atoms with Gasteiger partial charge in [0, 0.05) is 63.1 Å². The van der Waals surface area contributed by atoms with E-state index >= 15 is 0 Å². The molecule has 0 aliphatic carbocycles. The molecule has 3 heterocycles. The number of carbonyl (C=O) groups excluding carboxylic acids is 2. The second-order valence-corrected chi connectivity index (χ2v) is 10.8. The molecule has 3 aromatic rings. The Balaban J connectivity index is 1.32. The third-order valence-electron chi connectivity index (χ3n) is 8.23. The van der Waals surface area contributed by atoms with E-state index < -0.39 is 12.0 Å². The first-order valence-corrected chi connectivity index (χ1v) is 14.0. The van der Waals surface area contributed by atoms with Gasteiger partial charge in [-0.15, -0.1) is 5.10 Å². The number of carbonyl (C=O) groups is 2. The van der Waals surface area contributed by atoms with Crippen LogP contribution in [0.2, 0.25) is 0 Å². The lowest BCUT2D eigenvalue weighted by molar-refractivity contribution is -0.146. The quantitative estimate of drug-likeness (QED) is 0.453. The molecule has 224 valence electrons. The molecule has 2 saturated heterocycles. The minimum Gasteiger partial charge on any atom is -0.496 e. The number of tetrazole rings is 1. The van der Waals surface area contributed by atoms with Gasteiger partial charge in [-0.25, -0.2) is 0 Å². The number of hydrogen-bond acceptors (Lipinski definition) is 7. The number of piperidine rings is 2. The first kappa shape index (κ1) is 29.5. The molecule has 42 heavy (non-hydrogen) atoms. The molecule has 0 unspecified atom stereocenters. The number of hydrogen-bond donors (Lipinski definition) is 1. The highest BCUT2D eigenvalue weighted by Crippen LogP contribution is 2.32. The van der Waals surface area contributed by atoms with Crippen molar-refractivity contribution in [2.24, 2.45) is 5.92 Å². The number of aromatic nitrogens is 4. The van der Waals surface area contributed by atoms with Gasteiger partial charge in [-0.3, -0.25) is 9.59 Å². The van der Waals surface area contributed by atoms with Gasteiger partial charge in [-0.2, -0.15) is 17.9 Å². The number of amides is 2. The lowest BCUT2D eigenvalue weighted by atomic mass is 9.84. The maximum atomic E-state index is 13.5. The molecular weight excluding hydrogens is 551 g/mol. The van der Waals surface area contributed by atoms with Gasteiger partial charge in [0.1, 0.15) is 5.75 Å². The van der Waals surface area contributed by atoms with Crippen LogP contribution in [0.5, 0.6) is 5.75 Å². The Labute approximate surface area is 241 Å². The average Bonchev–Trinajstić information content (AvgIpc) is 3.51. The summed E-state index contributed by atoms with van der Waals surface area (Å²) in [7, 11) is 1.51. The molecule has 2 atom stereocenters. The van der Waals surface area contributed by atoms with Crippen LogP contribution in [-0.4, -0.2) is 81.2 Å². The van der Waals surface area contributed by atoms with E-state index in [1.165, 1.54) is 13.2 Å². The Bertz CT molecular complexity index is 1390. The summed E-state index contributed by atoms with van der Waals surface area (Å²) in [6.07, 6.45) is -2.68. The topological polar surface area (TPSA) is 105 Å². The van der Waals surface area contributed by atoms with Gasteiger partial charge in [0.15, 0.2) is 0 Å². The van der Waals surface area contributed by atoms with Crippen LogP contribution in [0.25, 0.3) is 5.69 Å². The van der Waals surface area contributed by atoms with Gasteiger partial charge in [0.05, 0.1) is 12.8 Å². The van der Waals surface area contributed by atoms with E-state index in [4.69, 9.17) is 4.74 Å². The van der Waals surface area contributed by atoms with Gasteiger partial charge in [-0.05, 0) is 53.5 Å². The highest BCUT2D eigenvalue weighted by Gasteiger charge is 2.39. The van der Waals surface area contributed by atoms with Crippen molar-refractivity contribution in [2.45, 2.75) is 50.9 Å². The third-order valence-corrected chi connectivity index (χ3v) is 8.23. The van der Waals surface area contributed by atoms with Crippen LogP contribution in [0.4, 0.5) is 13.2 Å². The average molecular weight is 586 g/mol. The van der Waals surface area contributed by atoms with Crippen LogP contribution < -0.4 is 10.1 Å². The zero-order chi connectivity index (χ0) is 29.9. The predicted molar refractivity (Wildman–Crippen MR) is 147 cm³/mol. The Morgan fingerprint density at radius 3 is 2.40 bits per heavy atom. The number of alkyl halides is 3. The molecule has 2 fully saturated rings. The van der Waals surface area contributed by atoms with Crippen molar-refractivity contribution in [1.82, 2.24) is 35.3 Å². The molecular formula is C29H34F3N7O3. The van der Waals surface area contributed by atoms with Crippen LogP contribution in [-0.2, 0) is 22.3 Å². The van der Waals surface area contributed by atoms with E-state index in [9.17, 15) is 22.8 Å². The fourth-order valence-corrected chi connectivity index (χ4v) is 5.95. The summed E-state index contributed by atoms with van der Waals surface area (Å²) in [5, 5.41) is 13.5. The molecule has 2 aliphatic heterocycles. The molecule has 0 saturated carbocycles. The van der Waals surface area contributed by atoms with Crippen LogP contribution in [0, 0.1) is 5.92 Å². The largest absolute Gasteiger partial charge is 0.496 e. The number of rotatable bonds is 7. The molecule has 0 bridgehead atoms. The van der Waals surface area contributed by atoms with Crippen LogP contribution in [0.15, 0.2) is 48.5 Å². The first-order chi connectivity index (χ1) is 20.2. The van der Waals surface area contributed by atoms with Crippen LogP contribution in [0.3, 0.4) is 0 Å². The summed E-state index contributed by atoms with van der Waals surface area (Å²) in [6.45, 7) is 4.21. The molecule has 0 radical (unpaired) electrons. The standard InChI is InChI=1S/C29H34F3N7O3/c1-19(40)37-13-10-21(11-14-37)27(41)38-15-12-25(24(18-38)20-6-4-3-5-7-20)33-17-22-16-23(8-9-26(22)42-2)39-28(29(30,31)32)34-35-36-39/h3-9,16,21,24-25,33H,10-15,17-18H2,1-2H3/t24-,25+/m0/s1. The maximum Gasteiger partial charge on any atom is 0.453 e. The van der Waals surface area contributed by atoms with Crippen LogP contribution >= 0.6 is 0 Å². The highest BCUT2D eigenvalue weighted by molar-refractivity contribution is 5.80. The van der Waals surface area contributed by atoms with Crippen molar-refractivity contribution >= 4 is 11.8 Å². The molecule has 10 nitrogen and oxygen atoms in total. The Morgan fingerprint density at radius 1 is 1.02 bits per heavy atom. The summed E-state index contributed by atoms with van der Waals surface area (Å²) in [6, 6.07) is 14.7. The zero-order valence-corrected chi connectivity index (χ0v) is 23.5. The summed E-state index contributed by atoms with van der Waals surface area (Å²) in [4.78, 5) is 29.0. The van der Waals surface area contributed by atoms with Gasteiger partial charge >= 0.3 is 6.18 Å². The molecule has 1 aromatic heterocycles. The monoisotopic (exact) mass is 585 g/mol. The van der Waals surface area contributed by atoms with E-state index in [1.54, 1.807) is 24.0 Å². The van der Waals surface area contributed by atoms with Crippen molar-refractivity contribution in [2.75, 3.05) is 33.3 Å². The van der Waals surface area contributed by atoms with E-state index in [1.807, 2.05) is 23.1 Å². The number of methoxy groups -OCH3 is 1. The van der Waals surface area contributed by atoms with Gasteiger partial charge in [0.2, 0.25) is 11.8 Å². The number of nitrogens with one attached hydrogen (secondary N) is 1. The number of benzene rings is 2. The summed E-state index contributed by atoms with van der Waals surface area (Å²) in [5.74, 6) is -0.603. The van der Waals surface area contributed by atoms with Crippen LogP contribution in [0.1, 0.15) is 49.1 Å². The smallest absolute Gasteiger partial charge is 0.453 e. The van der Waals surface area contributed by atoms with E-state index in [0.29, 0.717) is 68.0 Å². The SMILES string of the molecule is COc1ccc(-n2nnnc2C(F)(F)F)cc1CN[C@@H]1CCN(C(=O)C2CCN(C(C)=O)CC2)C[C@H]1c1ccccc1. The Hall–Kier alpha value is -4.00. The van der Waals surface area contributed by atoms with Crippen molar-refractivity contribution in [3.05, 3.63) is 65.5 Å². The van der Waals surface area contributed by atoms with Crippen molar-refractivity contribution in [3.8, 4) is 11.4 Å². The number of halogens is 3. The molecule has 13 heteroatoms. The fraction of sp³-hybridized carbons (Fsp3) is 0.483. The molecule has 2 amide bonds. The summed E-state index contributed by atoms with van der Waals surface area (Å²) in [5.41, 5.74) is 1.92. The third kappa shape index (κ3) is 6.40. The summed E-state index contributed by atoms with van der Waals surface area (Å²) < 4.78 is 46.4. The first-order valence-electron chi connectivity index (χ1n) is 14.0. The molecule has 1 N–H and O–H groups in total. The summed E-state index contributed by atoms with van der Waals surface area (Å²) >= 11 is 0. The lowest BCUT2D eigenvalue weighted by Crippen LogP contribution is -2.52. The lowest BCUT2D eigenvalue weighted by Gasteiger charge is -2.41. The van der Waals surface area contributed by atoms with Gasteiger partial charge in [-0.1, -0.05) is 30.3 Å². The van der Waals surface area contributed by atoms with Crippen molar-refractivity contribution < 1.29 is 27.5 Å². The number of likely N-dealkylation sites (tertiary alicyclic amines) is 2. The van der Waals surface area contributed by atoms with E-state index in [2.05, 4.69) is 33.0 Å².